The summed E-state index contributed by atoms with van der Waals surface area (Å²) in [6.45, 7) is 0.175. The van der Waals surface area contributed by atoms with Gasteiger partial charge in [-0.1, -0.05) is 0 Å². The van der Waals surface area contributed by atoms with E-state index < -0.39 is 73.2 Å². The van der Waals surface area contributed by atoms with Gasteiger partial charge in [0.25, 0.3) is 0 Å². The molecule has 6 atom stereocenters. The number of aliphatic hydroxyl groups excluding tert-OH is 3. The van der Waals surface area contributed by atoms with Crippen molar-refractivity contribution in [3.05, 3.63) is 0 Å². The minimum absolute atomic E-state index is 0.00945. The summed E-state index contributed by atoms with van der Waals surface area (Å²) in [5.41, 5.74) is 11.0. The first kappa shape index (κ1) is 31.2. The van der Waals surface area contributed by atoms with E-state index in [0.29, 0.717) is 12.8 Å². The molecule has 1 heterocycles. The van der Waals surface area contributed by atoms with Crippen LogP contribution in [0.25, 0.3) is 0 Å². The maximum Gasteiger partial charge on any atom is 0.243 e. The van der Waals surface area contributed by atoms with Crippen LogP contribution in [0.4, 0.5) is 0 Å². The largest absolute Gasteiger partial charge is 0.394 e. The molecule has 1 fully saturated rings. The lowest BCUT2D eigenvalue weighted by Gasteiger charge is -2.27. The van der Waals surface area contributed by atoms with Gasteiger partial charge in [0.05, 0.1) is 31.4 Å². The van der Waals surface area contributed by atoms with E-state index in [1.165, 1.54) is 6.92 Å². The highest BCUT2D eigenvalue weighted by molar-refractivity contribution is 5.92. The van der Waals surface area contributed by atoms with Gasteiger partial charge in [0.15, 0.2) is 0 Å². The number of hydrogen-bond acceptors (Lipinski definition) is 10. The van der Waals surface area contributed by atoms with Crippen molar-refractivity contribution < 1.29 is 39.3 Å². The molecule has 0 aromatic carbocycles. The highest BCUT2D eigenvalue weighted by Gasteiger charge is 2.29. The average Bonchev–Trinajstić information content (AvgIpc) is 2.83. The van der Waals surface area contributed by atoms with Gasteiger partial charge in [0.1, 0.15) is 18.1 Å². The second-order valence-corrected chi connectivity index (χ2v) is 8.70. The number of carbonyl (C=O) groups excluding carboxylic acids is 5. The number of aliphatic hydroxyl groups is 3. The zero-order valence-corrected chi connectivity index (χ0v) is 20.4. The Labute approximate surface area is 209 Å². The van der Waals surface area contributed by atoms with E-state index in [0.717, 1.165) is 0 Å². The Hall–Kier alpha value is -2.85. The van der Waals surface area contributed by atoms with Gasteiger partial charge in [-0.3, -0.25) is 24.0 Å². The molecule has 12 N–H and O–H groups in total. The first-order chi connectivity index (χ1) is 17.0. The third-order valence-corrected chi connectivity index (χ3v) is 5.73. The molecule has 36 heavy (non-hydrogen) atoms. The maximum atomic E-state index is 12.8. The molecule has 1 rings (SSSR count). The van der Waals surface area contributed by atoms with Crippen LogP contribution in [0.5, 0.6) is 0 Å². The molecule has 206 valence electrons. The fraction of sp³-hybridized carbons (Fsp3) is 0.762. The zero-order valence-electron chi connectivity index (χ0n) is 20.4. The van der Waals surface area contributed by atoms with E-state index in [1.54, 1.807) is 0 Å². The maximum absolute atomic E-state index is 12.8. The molecule has 0 spiro atoms. The Kier molecular flexibility index (Phi) is 13.9. The normalized spacial score (nSPS) is 27.3. The summed E-state index contributed by atoms with van der Waals surface area (Å²) < 4.78 is 0. The fourth-order valence-electron chi connectivity index (χ4n) is 3.37. The summed E-state index contributed by atoms with van der Waals surface area (Å²) in [6, 6.07) is -5.56. The minimum atomic E-state index is -1.35. The molecule has 0 aromatic heterocycles. The number of carbonyl (C=O) groups is 5. The van der Waals surface area contributed by atoms with Crippen LogP contribution in [-0.2, 0) is 24.0 Å². The van der Waals surface area contributed by atoms with Gasteiger partial charge in [-0.15, -0.1) is 0 Å². The molecule has 1 aliphatic rings. The van der Waals surface area contributed by atoms with E-state index in [-0.39, 0.29) is 38.3 Å². The number of nitrogens with one attached hydrogen (secondary N) is 5. The van der Waals surface area contributed by atoms with Gasteiger partial charge in [0, 0.05) is 19.5 Å². The van der Waals surface area contributed by atoms with Crippen molar-refractivity contribution in [3.8, 4) is 0 Å². The van der Waals surface area contributed by atoms with Gasteiger partial charge >= 0.3 is 0 Å². The second-order valence-electron chi connectivity index (χ2n) is 8.70. The molecule has 15 nitrogen and oxygen atoms in total. The van der Waals surface area contributed by atoms with Gasteiger partial charge in [0.2, 0.25) is 29.5 Å². The third-order valence-electron chi connectivity index (χ3n) is 5.73. The Morgan fingerprint density at radius 2 is 1.81 bits per heavy atom. The molecular weight excluding hydrogens is 478 g/mol. The van der Waals surface area contributed by atoms with Crippen LogP contribution >= 0.6 is 0 Å². The number of nitrogens with two attached hydrogens (primary N) is 2. The third kappa shape index (κ3) is 10.8. The molecule has 15 heteroatoms. The number of amides is 5. The zero-order chi connectivity index (χ0) is 27.3. The number of hydrogen-bond donors (Lipinski definition) is 10. The van der Waals surface area contributed by atoms with Crippen molar-refractivity contribution in [2.75, 3.05) is 26.3 Å². The highest BCUT2D eigenvalue weighted by Crippen LogP contribution is 2.05. The average molecular weight is 518 g/mol. The van der Waals surface area contributed by atoms with Crippen LogP contribution in [0.2, 0.25) is 0 Å². The summed E-state index contributed by atoms with van der Waals surface area (Å²) in [7, 11) is 0. The molecule has 0 radical (unpaired) electrons. The van der Waals surface area contributed by atoms with Crippen LogP contribution in [0.3, 0.4) is 0 Å². The predicted octanol–water partition coefficient (Wildman–Crippen LogP) is -5.34. The molecule has 0 bridgehead atoms. The lowest BCUT2D eigenvalue weighted by atomic mass is 10.1. The first-order valence-electron chi connectivity index (χ1n) is 11.9. The number of rotatable bonds is 6. The molecule has 5 amide bonds. The monoisotopic (exact) mass is 517 g/mol. The van der Waals surface area contributed by atoms with Crippen molar-refractivity contribution in [2.24, 2.45) is 11.5 Å². The summed E-state index contributed by atoms with van der Waals surface area (Å²) >= 11 is 0. The SMILES string of the molecule is CC(O)[C@H]1CN[C@@H](CO)C(=O)N[C@H](C(=O)N[C@@H](CO)C(N)=O)CCCCNC(=O)CC[C@H](N)C(=O)N1. The summed E-state index contributed by atoms with van der Waals surface area (Å²) in [6.07, 6.45) is 0.00698. The van der Waals surface area contributed by atoms with Crippen LogP contribution in [0, 0.1) is 0 Å². The molecular formula is C21H39N7O8. The highest BCUT2D eigenvalue weighted by atomic mass is 16.3. The van der Waals surface area contributed by atoms with Crippen LogP contribution in [0.1, 0.15) is 39.0 Å². The summed E-state index contributed by atoms with van der Waals surface area (Å²) in [5.74, 6) is -3.38. The Bertz CT molecular complexity index is 767. The lowest BCUT2D eigenvalue weighted by molar-refractivity contribution is -0.133. The lowest BCUT2D eigenvalue weighted by Crippen LogP contribution is -2.59. The van der Waals surface area contributed by atoms with Crippen molar-refractivity contribution >= 4 is 29.5 Å². The summed E-state index contributed by atoms with van der Waals surface area (Å²) in [5, 5.41) is 41.8. The minimum Gasteiger partial charge on any atom is -0.394 e. The number of primary amides is 1. The van der Waals surface area contributed by atoms with Crippen molar-refractivity contribution in [2.45, 2.75) is 75.3 Å². The van der Waals surface area contributed by atoms with Gasteiger partial charge in [-0.2, -0.15) is 0 Å². The second kappa shape index (κ2) is 16.0. The van der Waals surface area contributed by atoms with Gasteiger partial charge in [-0.25, -0.2) is 0 Å². The van der Waals surface area contributed by atoms with Crippen molar-refractivity contribution in [3.63, 3.8) is 0 Å². The van der Waals surface area contributed by atoms with E-state index in [9.17, 15) is 39.3 Å². The molecule has 0 aliphatic carbocycles. The molecule has 1 saturated heterocycles. The molecule has 1 unspecified atom stereocenters. The van der Waals surface area contributed by atoms with E-state index in [2.05, 4.69) is 26.6 Å². The van der Waals surface area contributed by atoms with Crippen molar-refractivity contribution in [1.82, 2.24) is 26.6 Å². The van der Waals surface area contributed by atoms with Gasteiger partial charge in [-0.05, 0) is 32.6 Å². The van der Waals surface area contributed by atoms with Crippen molar-refractivity contribution in [1.29, 1.82) is 0 Å². The molecule has 0 aromatic rings. The van der Waals surface area contributed by atoms with Crippen LogP contribution in [0.15, 0.2) is 0 Å². The summed E-state index contributed by atoms with van der Waals surface area (Å²) in [4.78, 5) is 61.3. The molecule has 1 aliphatic heterocycles. The Balaban J connectivity index is 3.05. The van der Waals surface area contributed by atoms with E-state index >= 15 is 0 Å². The topological polar surface area (TPSA) is 258 Å². The quantitative estimate of drug-likeness (QED) is 0.160. The van der Waals surface area contributed by atoms with Gasteiger partial charge < -0.3 is 53.4 Å². The fourth-order valence-corrected chi connectivity index (χ4v) is 3.37. The molecule has 0 saturated carbocycles. The van der Waals surface area contributed by atoms with Crippen LogP contribution in [-0.4, -0.2) is 107 Å². The Morgan fingerprint density at radius 3 is 2.39 bits per heavy atom. The van der Waals surface area contributed by atoms with E-state index in [1.807, 2.05) is 0 Å². The van der Waals surface area contributed by atoms with E-state index in [4.69, 9.17) is 11.5 Å². The predicted molar refractivity (Wildman–Crippen MR) is 127 cm³/mol. The standard InChI is InChI=1S/C21H39N7O8/c1-11(31)14-8-25-16(10-30)21(36)26-13(20(35)28-15(9-29)18(23)33)4-2-3-7-24-17(32)6-5-12(22)19(34)27-14/h11-16,25,29-31H,2-10,22H2,1H3,(H2,23,33)(H,24,32)(H,26,36)(H,27,34)(H,28,35)/t11?,12-,13-,14+,15-,16-/m0/s1. The Morgan fingerprint density at radius 1 is 1.11 bits per heavy atom. The first-order valence-corrected chi connectivity index (χ1v) is 11.9. The van der Waals surface area contributed by atoms with Crippen LogP contribution < -0.4 is 38.1 Å². The smallest absolute Gasteiger partial charge is 0.243 e.